The number of benzene rings is 1. The van der Waals surface area contributed by atoms with Crippen LogP contribution in [0.3, 0.4) is 0 Å². The maximum atomic E-state index is 13.4. The summed E-state index contributed by atoms with van der Waals surface area (Å²) in [5.41, 5.74) is 3.91. The predicted octanol–water partition coefficient (Wildman–Crippen LogP) is 4.33. The Morgan fingerprint density at radius 1 is 1.27 bits per heavy atom. The van der Waals surface area contributed by atoms with Crippen molar-refractivity contribution < 1.29 is 4.39 Å². The van der Waals surface area contributed by atoms with Gasteiger partial charge in [-0.3, -0.25) is 0 Å². The normalized spacial score (nSPS) is 19.7. The van der Waals surface area contributed by atoms with E-state index in [1.54, 1.807) is 6.07 Å². The van der Waals surface area contributed by atoms with Crippen molar-refractivity contribution in [1.29, 1.82) is 0 Å². The zero-order valence-corrected chi connectivity index (χ0v) is 9.98. The number of hydrogen-bond acceptors (Lipinski definition) is 0. The number of allylic oxidation sites excluding steroid dienone is 2. The van der Waals surface area contributed by atoms with Crippen LogP contribution in [0, 0.1) is 11.7 Å². The smallest absolute Gasteiger partial charge is 0.137 e. The second kappa shape index (κ2) is 3.44. The van der Waals surface area contributed by atoms with Gasteiger partial charge in [0.15, 0.2) is 0 Å². The first-order chi connectivity index (χ1) is 7.25. The summed E-state index contributed by atoms with van der Waals surface area (Å²) in [5.74, 6) is 0.618. The van der Waals surface area contributed by atoms with E-state index in [2.05, 4.69) is 22.0 Å². The molecule has 3 rings (SSSR count). The van der Waals surface area contributed by atoms with Crippen LogP contribution in [0.25, 0.3) is 5.57 Å². The molecule has 0 amide bonds. The van der Waals surface area contributed by atoms with Crippen LogP contribution in [0.2, 0.25) is 0 Å². The molecule has 2 aliphatic carbocycles. The van der Waals surface area contributed by atoms with E-state index in [1.807, 2.05) is 6.07 Å². The van der Waals surface area contributed by atoms with Crippen molar-refractivity contribution in [1.82, 2.24) is 0 Å². The van der Waals surface area contributed by atoms with Gasteiger partial charge >= 0.3 is 0 Å². The lowest BCUT2D eigenvalue weighted by atomic mass is 9.88. The van der Waals surface area contributed by atoms with Crippen molar-refractivity contribution in [2.45, 2.75) is 25.7 Å². The Balaban J connectivity index is 2.12. The molecule has 0 saturated heterocycles. The van der Waals surface area contributed by atoms with Crippen LogP contribution in [-0.4, -0.2) is 0 Å². The number of rotatable bonds is 1. The van der Waals surface area contributed by atoms with Gasteiger partial charge in [-0.15, -0.1) is 0 Å². The molecule has 15 heavy (non-hydrogen) atoms. The molecule has 0 N–H and O–H groups in total. The molecule has 2 heteroatoms. The van der Waals surface area contributed by atoms with E-state index in [0.717, 1.165) is 18.8 Å². The lowest BCUT2D eigenvalue weighted by molar-refractivity contribution is 0.618. The Hall–Kier alpha value is -0.630. The second-order valence-electron chi connectivity index (χ2n) is 4.40. The second-order valence-corrected chi connectivity index (χ2v) is 5.25. The first kappa shape index (κ1) is 9.59. The summed E-state index contributed by atoms with van der Waals surface area (Å²) in [6.45, 7) is 0. The molecular weight excluding hydrogens is 255 g/mol. The van der Waals surface area contributed by atoms with E-state index in [4.69, 9.17) is 0 Å². The highest BCUT2D eigenvalue weighted by Crippen LogP contribution is 2.45. The number of halogens is 2. The predicted molar refractivity (Wildman–Crippen MR) is 63.1 cm³/mol. The third-order valence-electron chi connectivity index (χ3n) is 3.25. The standard InChI is InChI=1S/C13H12BrF/c14-12-7-11-9(6-13(12)15)2-1-3-10(11)8-4-5-8/h3,6-8H,1-2,4-5H2. The number of fused-ring (bicyclic) bond motifs is 1. The fraction of sp³-hybridized carbons (Fsp3) is 0.385. The highest BCUT2D eigenvalue weighted by Gasteiger charge is 2.29. The summed E-state index contributed by atoms with van der Waals surface area (Å²) in [5, 5.41) is 0. The molecule has 0 bridgehead atoms. The third kappa shape index (κ3) is 1.65. The van der Waals surface area contributed by atoms with E-state index < -0.39 is 0 Å². The summed E-state index contributed by atoms with van der Waals surface area (Å²) < 4.78 is 14.0. The Kier molecular flexibility index (Phi) is 2.20. The molecule has 1 saturated carbocycles. The van der Waals surface area contributed by atoms with Crippen LogP contribution >= 0.6 is 15.9 Å². The minimum absolute atomic E-state index is 0.134. The van der Waals surface area contributed by atoms with Crippen LogP contribution < -0.4 is 0 Å². The van der Waals surface area contributed by atoms with Crippen LogP contribution in [0.15, 0.2) is 22.7 Å². The van der Waals surface area contributed by atoms with Gasteiger partial charge in [-0.05, 0) is 76.4 Å². The van der Waals surface area contributed by atoms with Gasteiger partial charge in [-0.2, -0.15) is 0 Å². The third-order valence-corrected chi connectivity index (χ3v) is 3.86. The fourth-order valence-electron chi connectivity index (χ4n) is 2.34. The molecular formula is C13H12BrF. The molecule has 0 aliphatic heterocycles. The maximum Gasteiger partial charge on any atom is 0.137 e. The van der Waals surface area contributed by atoms with Crippen molar-refractivity contribution in [3.63, 3.8) is 0 Å². The minimum atomic E-state index is -0.134. The fourth-order valence-corrected chi connectivity index (χ4v) is 2.68. The average molecular weight is 267 g/mol. The quantitative estimate of drug-likeness (QED) is 0.710. The minimum Gasteiger partial charge on any atom is -0.206 e. The first-order valence-corrected chi connectivity index (χ1v) is 6.23. The number of hydrogen-bond donors (Lipinski definition) is 0. The molecule has 1 aromatic rings. The largest absolute Gasteiger partial charge is 0.206 e. The average Bonchev–Trinajstić information content (AvgIpc) is 3.02. The van der Waals surface area contributed by atoms with Gasteiger partial charge in [0.25, 0.3) is 0 Å². The highest BCUT2D eigenvalue weighted by atomic mass is 79.9. The van der Waals surface area contributed by atoms with E-state index >= 15 is 0 Å². The molecule has 0 radical (unpaired) electrons. The molecule has 0 nitrogen and oxygen atoms in total. The van der Waals surface area contributed by atoms with Crippen molar-refractivity contribution in [2.24, 2.45) is 5.92 Å². The molecule has 1 fully saturated rings. The van der Waals surface area contributed by atoms with Gasteiger partial charge in [0.1, 0.15) is 5.82 Å². The van der Waals surface area contributed by atoms with E-state index in [1.165, 1.54) is 29.5 Å². The van der Waals surface area contributed by atoms with Crippen LogP contribution in [-0.2, 0) is 6.42 Å². The molecule has 1 aromatic carbocycles. The molecule has 0 heterocycles. The van der Waals surface area contributed by atoms with Crippen LogP contribution in [0.4, 0.5) is 4.39 Å². The first-order valence-electron chi connectivity index (χ1n) is 5.44. The summed E-state index contributed by atoms with van der Waals surface area (Å²) in [6.07, 6.45) is 7.00. The Morgan fingerprint density at radius 3 is 2.80 bits per heavy atom. The lowest BCUT2D eigenvalue weighted by Crippen LogP contribution is -2.02. The Labute approximate surface area is 97.3 Å². The summed E-state index contributed by atoms with van der Waals surface area (Å²) in [6, 6.07) is 3.64. The molecule has 0 aromatic heterocycles. The molecule has 78 valence electrons. The summed E-state index contributed by atoms with van der Waals surface area (Å²) in [4.78, 5) is 0. The molecule has 0 unspecified atom stereocenters. The van der Waals surface area contributed by atoms with Gasteiger partial charge in [-0.25, -0.2) is 4.39 Å². The maximum absolute atomic E-state index is 13.4. The van der Waals surface area contributed by atoms with Crippen molar-refractivity contribution in [3.05, 3.63) is 39.6 Å². The zero-order valence-electron chi connectivity index (χ0n) is 8.39. The van der Waals surface area contributed by atoms with Gasteiger partial charge in [-0.1, -0.05) is 6.08 Å². The van der Waals surface area contributed by atoms with Crippen molar-refractivity contribution in [2.75, 3.05) is 0 Å². The zero-order chi connectivity index (χ0) is 10.4. The summed E-state index contributed by atoms with van der Waals surface area (Å²) in [7, 11) is 0. The van der Waals surface area contributed by atoms with Gasteiger partial charge in [0.2, 0.25) is 0 Å². The van der Waals surface area contributed by atoms with Crippen LogP contribution in [0.1, 0.15) is 30.4 Å². The van der Waals surface area contributed by atoms with E-state index in [9.17, 15) is 4.39 Å². The SMILES string of the molecule is Fc1cc2c(cc1Br)C(C1CC1)=CCC2. The Morgan fingerprint density at radius 2 is 2.07 bits per heavy atom. The molecule has 0 atom stereocenters. The molecule has 2 aliphatic rings. The monoisotopic (exact) mass is 266 g/mol. The number of aryl methyl sites for hydroxylation is 1. The highest BCUT2D eigenvalue weighted by molar-refractivity contribution is 9.10. The Bertz CT molecular complexity index is 444. The molecule has 0 spiro atoms. The van der Waals surface area contributed by atoms with Crippen molar-refractivity contribution in [3.8, 4) is 0 Å². The van der Waals surface area contributed by atoms with E-state index in [-0.39, 0.29) is 5.82 Å². The van der Waals surface area contributed by atoms with Crippen LogP contribution in [0.5, 0.6) is 0 Å². The summed E-state index contributed by atoms with van der Waals surface area (Å²) >= 11 is 3.27. The van der Waals surface area contributed by atoms with Gasteiger partial charge in [0, 0.05) is 0 Å². The van der Waals surface area contributed by atoms with Gasteiger partial charge < -0.3 is 0 Å². The van der Waals surface area contributed by atoms with E-state index in [0.29, 0.717) is 4.47 Å². The van der Waals surface area contributed by atoms with Gasteiger partial charge in [0.05, 0.1) is 4.47 Å². The topological polar surface area (TPSA) is 0 Å². The van der Waals surface area contributed by atoms with Crippen molar-refractivity contribution >= 4 is 21.5 Å². The lowest BCUT2D eigenvalue weighted by Gasteiger charge is -2.18.